The molecule has 2 aromatic carbocycles. The van der Waals surface area contributed by atoms with Gasteiger partial charge in [0.15, 0.2) is 0 Å². The Kier molecular flexibility index (Phi) is 5.74. The van der Waals surface area contributed by atoms with Crippen LogP contribution in [0.25, 0.3) is 0 Å². The first kappa shape index (κ1) is 22.1. The zero-order valence-corrected chi connectivity index (χ0v) is 19.5. The molecule has 0 N–H and O–H groups in total. The number of aryl methyl sites for hydroxylation is 2. The molecule has 0 saturated carbocycles. The van der Waals surface area contributed by atoms with Gasteiger partial charge in [-0.2, -0.15) is 4.31 Å². The molecule has 2 heterocycles. The molecule has 5 rings (SSSR count). The quantitative estimate of drug-likeness (QED) is 0.645. The van der Waals surface area contributed by atoms with Crippen molar-refractivity contribution in [3.8, 4) is 0 Å². The fourth-order valence-corrected chi connectivity index (χ4v) is 6.90. The van der Waals surface area contributed by atoms with Gasteiger partial charge < -0.3 is 4.74 Å². The summed E-state index contributed by atoms with van der Waals surface area (Å²) in [6, 6.07) is 12.3. The summed E-state index contributed by atoms with van der Waals surface area (Å²) in [7, 11) is -2.26. The van der Waals surface area contributed by atoms with E-state index in [1.165, 1.54) is 17.0 Å². The zero-order chi connectivity index (χ0) is 23.2. The highest BCUT2D eigenvalue weighted by Crippen LogP contribution is 2.36. The molecule has 1 aliphatic carbocycles. The molecule has 2 aliphatic heterocycles. The lowest BCUT2D eigenvalue weighted by atomic mass is 9.96. The van der Waals surface area contributed by atoms with Crippen molar-refractivity contribution in [2.75, 3.05) is 25.1 Å². The van der Waals surface area contributed by atoms with Crippen LogP contribution >= 0.6 is 0 Å². The van der Waals surface area contributed by atoms with Crippen LogP contribution in [0.2, 0.25) is 0 Å². The Morgan fingerprint density at radius 1 is 0.970 bits per heavy atom. The molecule has 1 atom stereocenters. The Hall–Kier alpha value is -2.71. The van der Waals surface area contributed by atoms with E-state index in [1.54, 1.807) is 11.0 Å². The van der Waals surface area contributed by atoms with Crippen LogP contribution in [0.3, 0.4) is 0 Å². The largest absolute Gasteiger partial charge is 0.467 e. The van der Waals surface area contributed by atoms with Crippen molar-refractivity contribution in [1.29, 1.82) is 0 Å². The molecule has 2 aromatic rings. The van der Waals surface area contributed by atoms with Gasteiger partial charge in [0.1, 0.15) is 6.04 Å². The van der Waals surface area contributed by atoms with Gasteiger partial charge in [-0.3, -0.25) is 9.69 Å². The molecule has 8 heteroatoms. The monoisotopic (exact) mass is 468 g/mol. The van der Waals surface area contributed by atoms with Crippen LogP contribution in [0.5, 0.6) is 0 Å². The second-order valence-corrected chi connectivity index (χ2v) is 11.0. The first-order valence-corrected chi connectivity index (χ1v) is 12.9. The minimum atomic E-state index is -3.59. The van der Waals surface area contributed by atoms with E-state index in [0.717, 1.165) is 36.1 Å². The molecule has 1 unspecified atom stereocenters. The smallest absolute Gasteiger partial charge is 0.329 e. The van der Waals surface area contributed by atoms with Crippen LogP contribution in [-0.2, 0) is 43.6 Å². The van der Waals surface area contributed by atoms with Crippen molar-refractivity contribution < 1.29 is 22.7 Å². The van der Waals surface area contributed by atoms with Crippen LogP contribution in [0.1, 0.15) is 36.0 Å². The Balaban J connectivity index is 1.31. The number of hydrogen-bond donors (Lipinski definition) is 0. The summed E-state index contributed by atoms with van der Waals surface area (Å²) in [5.74, 6) is -0.907. The average molecular weight is 469 g/mol. The summed E-state index contributed by atoms with van der Waals surface area (Å²) in [5.41, 5.74) is 4.05. The lowest BCUT2D eigenvalue weighted by Gasteiger charge is -2.34. The second kappa shape index (κ2) is 8.57. The topological polar surface area (TPSA) is 84.0 Å². The number of fused-ring (bicyclic) bond motifs is 2. The number of methoxy groups -OCH3 is 1. The van der Waals surface area contributed by atoms with Crippen molar-refractivity contribution in [3.63, 3.8) is 0 Å². The highest BCUT2D eigenvalue weighted by molar-refractivity contribution is 7.89. The summed E-state index contributed by atoms with van der Waals surface area (Å²) in [5, 5.41) is 0. The molecule has 7 nitrogen and oxygen atoms in total. The van der Waals surface area contributed by atoms with Crippen LogP contribution in [0.15, 0.2) is 47.4 Å². The van der Waals surface area contributed by atoms with E-state index < -0.39 is 22.0 Å². The van der Waals surface area contributed by atoms with Crippen molar-refractivity contribution in [1.82, 2.24) is 4.31 Å². The molecule has 174 valence electrons. The number of esters is 1. The minimum Gasteiger partial charge on any atom is -0.467 e. The van der Waals surface area contributed by atoms with E-state index in [1.807, 2.05) is 36.4 Å². The summed E-state index contributed by atoms with van der Waals surface area (Å²) in [4.78, 5) is 27.8. The van der Waals surface area contributed by atoms with Crippen molar-refractivity contribution in [2.24, 2.45) is 5.92 Å². The van der Waals surface area contributed by atoms with Gasteiger partial charge in [-0.1, -0.05) is 24.3 Å². The van der Waals surface area contributed by atoms with Gasteiger partial charge in [0.2, 0.25) is 15.9 Å². The highest BCUT2D eigenvalue weighted by Gasteiger charge is 2.42. The molecule has 33 heavy (non-hydrogen) atoms. The van der Waals surface area contributed by atoms with E-state index in [2.05, 4.69) is 0 Å². The number of sulfonamides is 1. The van der Waals surface area contributed by atoms with Gasteiger partial charge in [-0.05, 0) is 67.0 Å². The summed E-state index contributed by atoms with van der Waals surface area (Å²) >= 11 is 0. The Labute approximate surface area is 194 Å². The number of nitrogens with zero attached hydrogens (tertiary/aromatic N) is 2. The number of para-hydroxylation sites is 1. The van der Waals surface area contributed by atoms with E-state index >= 15 is 0 Å². The molecule has 3 aliphatic rings. The number of anilines is 1. The lowest BCUT2D eigenvalue weighted by Crippen LogP contribution is -2.49. The second-order valence-electron chi connectivity index (χ2n) is 9.04. The van der Waals surface area contributed by atoms with E-state index in [4.69, 9.17) is 4.74 Å². The number of rotatable bonds is 4. The van der Waals surface area contributed by atoms with Crippen molar-refractivity contribution in [3.05, 3.63) is 59.2 Å². The van der Waals surface area contributed by atoms with Gasteiger partial charge >= 0.3 is 5.97 Å². The molecular weight excluding hydrogens is 440 g/mol. The number of carbonyl (C=O) groups is 2. The fourth-order valence-electron chi connectivity index (χ4n) is 5.38. The normalized spacial score (nSPS) is 21.0. The number of carbonyl (C=O) groups excluding carboxylic acids is 2. The van der Waals surface area contributed by atoms with E-state index in [-0.39, 0.29) is 24.9 Å². The van der Waals surface area contributed by atoms with Crippen LogP contribution in [-0.4, -0.2) is 50.8 Å². The van der Waals surface area contributed by atoms with Gasteiger partial charge in [0.05, 0.1) is 12.0 Å². The molecule has 0 radical (unpaired) electrons. The Bertz CT molecular complexity index is 1200. The van der Waals surface area contributed by atoms with Crippen LogP contribution in [0, 0.1) is 5.92 Å². The minimum absolute atomic E-state index is 0.134. The van der Waals surface area contributed by atoms with Crippen molar-refractivity contribution >= 4 is 27.6 Å². The number of amides is 1. The highest BCUT2D eigenvalue weighted by atomic mass is 32.2. The molecule has 0 bridgehead atoms. The van der Waals surface area contributed by atoms with Crippen LogP contribution in [0.4, 0.5) is 5.69 Å². The predicted molar refractivity (Wildman–Crippen MR) is 123 cm³/mol. The zero-order valence-electron chi connectivity index (χ0n) is 18.7. The third-order valence-corrected chi connectivity index (χ3v) is 9.09. The molecule has 1 saturated heterocycles. The first-order chi connectivity index (χ1) is 15.9. The van der Waals surface area contributed by atoms with E-state index in [0.29, 0.717) is 24.2 Å². The maximum Gasteiger partial charge on any atom is 0.329 e. The lowest BCUT2D eigenvalue weighted by molar-refractivity contribution is -0.143. The van der Waals surface area contributed by atoms with Gasteiger partial charge in [0.25, 0.3) is 0 Å². The number of piperidine rings is 1. The van der Waals surface area contributed by atoms with Crippen LogP contribution < -0.4 is 4.90 Å². The molecule has 1 fully saturated rings. The fraction of sp³-hybridized carbons (Fsp3) is 0.440. The Morgan fingerprint density at radius 2 is 1.70 bits per heavy atom. The van der Waals surface area contributed by atoms with E-state index in [9.17, 15) is 18.0 Å². The predicted octanol–water partition coefficient (Wildman–Crippen LogP) is 2.71. The maximum atomic E-state index is 13.5. The van der Waals surface area contributed by atoms with Gasteiger partial charge in [-0.15, -0.1) is 0 Å². The summed E-state index contributed by atoms with van der Waals surface area (Å²) < 4.78 is 32.9. The molecule has 0 spiro atoms. The SMILES string of the molecule is COC(=O)C1Cc2ccccc2N1C(=O)C1CCN(S(=O)(=O)c2ccc3c(c2)CCC3)CC1. The first-order valence-electron chi connectivity index (χ1n) is 11.5. The third-order valence-electron chi connectivity index (χ3n) is 7.20. The van der Waals surface area contributed by atoms with Crippen molar-refractivity contribution in [2.45, 2.75) is 49.5 Å². The van der Waals surface area contributed by atoms with Gasteiger partial charge in [-0.25, -0.2) is 13.2 Å². The number of ether oxygens (including phenoxy) is 1. The Morgan fingerprint density at radius 3 is 2.45 bits per heavy atom. The third kappa shape index (κ3) is 3.85. The molecule has 1 amide bonds. The maximum absolute atomic E-state index is 13.5. The summed E-state index contributed by atoms with van der Waals surface area (Å²) in [6.07, 6.45) is 4.28. The van der Waals surface area contributed by atoms with Gasteiger partial charge in [0, 0.05) is 31.1 Å². The standard InChI is InChI=1S/C25H28N2O5S/c1-32-25(29)23-16-20-5-2-3-8-22(20)27(23)24(28)18-11-13-26(14-12-18)33(30,31)21-10-9-17-6-4-7-19(17)15-21/h2-3,5,8-10,15,18,23H,4,6-7,11-14,16H2,1H3. The molecule has 0 aromatic heterocycles. The number of hydrogen-bond acceptors (Lipinski definition) is 5. The number of benzene rings is 2. The summed E-state index contributed by atoms with van der Waals surface area (Å²) in [6.45, 7) is 0.572. The average Bonchev–Trinajstić information content (AvgIpc) is 3.47. The molecular formula is C25H28N2O5S.